The second kappa shape index (κ2) is 5.99. The summed E-state index contributed by atoms with van der Waals surface area (Å²) in [5, 5.41) is 3.43. The fourth-order valence-electron chi connectivity index (χ4n) is 3.86. The number of fused-ring (bicyclic) bond motifs is 1. The van der Waals surface area contributed by atoms with Crippen molar-refractivity contribution in [3.63, 3.8) is 0 Å². The Balaban J connectivity index is 1.83. The first-order chi connectivity index (χ1) is 9.79. The van der Waals surface area contributed by atoms with Crippen molar-refractivity contribution < 1.29 is 4.79 Å². The number of nitrogens with one attached hydrogen (secondary N) is 1. The summed E-state index contributed by atoms with van der Waals surface area (Å²) < 4.78 is 0. The third-order valence-electron chi connectivity index (χ3n) is 5.09. The van der Waals surface area contributed by atoms with E-state index in [0.717, 1.165) is 43.7 Å². The molecule has 20 heavy (non-hydrogen) atoms. The first-order valence-electron chi connectivity index (χ1n) is 8.19. The van der Waals surface area contributed by atoms with Gasteiger partial charge in [-0.15, -0.1) is 0 Å². The summed E-state index contributed by atoms with van der Waals surface area (Å²) in [6.45, 7) is 3.29. The Morgan fingerprint density at radius 1 is 1.30 bits per heavy atom. The van der Waals surface area contributed by atoms with Crippen LogP contribution in [0.5, 0.6) is 0 Å². The maximum Gasteiger partial charge on any atom is 0.166 e. The lowest BCUT2D eigenvalue weighted by atomic mass is 9.76. The molecule has 1 fully saturated rings. The van der Waals surface area contributed by atoms with Gasteiger partial charge in [0.1, 0.15) is 0 Å². The van der Waals surface area contributed by atoms with Crippen LogP contribution in [0.25, 0.3) is 0 Å². The molecule has 1 N–H and O–H groups in total. The number of carbonyl (C=O) groups is 1. The van der Waals surface area contributed by atoms with Gasteiger partial charge in [-0.3, -0.25) is 4.79 Å². The van der Waals surface area contributed by atoms with E-state index in [2.05, 4.69) is 18.3 Å². The van der Waals surface area contributed by atoms with E-state index in [-0.39, 0.29) is 5.92 Å². The molecule has 0 amide bonds. The van der Waals surface area contributed by atoms with Crippen LogP contribution < -0.4 is 5.32 Å². The fraction of sp³-hybridized carbons (Fsp3) is 0.611. The van der Waals surface area contributed by atoms with Crippen molar-refractivity contribution in [1.29, 1.82) is 0 Å². The zero-order valence-corrected chi connectivity index (χ0v) is 12.5. The van der Waals surface area contributed by atoms with Gasteiger partial charge >= 0.3 is 0 Å². The van der Waals surface area contributed by atoms with Crippen LogP contribution in [-0.2, 0) is 6.42 Å². The number of Topliss-reactive ketones (excluding diaryl/α,β-unsaturated/α-hetero) is 1. The second-order valence-electron chi connectivity index (χ2n) is 6.36. The highest BCUT2D eigenvalue weighted by Gasteiger charge is 2.29. The maximum absolute atomic E-state index is 12.9. The minimum Gasteiger partial charge on any atom is -0.385 e. The Morgan fingerprint density at radius 3 is 3.05 bits per heavy atom. The van der Waals surface area contributed by atoms with Gasteiger partial charge in [0.2, 0.25) is 0 Å². The lowest BCUT2D eigenvalue weighted by Gasteiger charge is -2.29. The van der Waals surface area contributed by atoms with E-state index in [4.69, 9.17) is 0 Å². The van der Waals surface area contributed by atoms with Crippen molar-refractivity contribution in [3.05, 3.63) is 29.3 Å². The van der Waals surface area contributed by atoms with Gasteiger partial charge in [0.15, 0.2) is 5.78 Å². The monoisotopic (exact) mass is 271 g/mol. The molecule has 1 aliphatic carbocycles. The highest BCUT2D eigenvalue weighted by molar-refractivity contribution is 6.00. The van der Waals surface area contributed by atoms with Crippen LogP contribution in [0.3, 0.4) is 0 Å². The van der Waals surface area contributed by atoms with Gasteiger partial charge in [-0.05, 0) is 43.2 Å². The Hall–Kier alpha value is -1.31. The van der Waals surface area contributed by atoms with Crippen molar-refractivity contribution in [2.75, 3.05) is 11.9 Å². The van der Waals surface area contributed by atoms with Crippen molar-refractivity contribution >= 4 is 11.5 Å². The molecule has 3 rings (SSSR count). The minimum absolute atomic E-state index is 0.266. The van der Waals surface area contributed by atoms with Gasteiger partial charge in [0, 0.05) is 23.7 Å². The lowest BCUT2D eigenvalue weighted by Crippen LogP contribution is -2.25. The number of hydrogen-bond acceptors (Lipinski definition) is 2. The minimum atomic E-state index is 0.266. The number of carbonyl (C=O) groups excluding carboxylic acids is 1. The zero-order chi connectivity index (χ0) is 13.9. The Labute approximate surface area is 122 Å². The number of benzene rings is 1. The van der Waals surface area contributed by atoms with Crippen molar-refractivity contribution in [3.8, 4) is 0 Å². The molecule has 2 heteroatoms. The highest BCUT2D eigenvalue weighted by atomic mass is 16.1. The topological polar surface area (TPSA) is 29.1 Å². The number of rotatable bonds is 3. The molecule has 1 aromatic rings. The molecule has 0 bridgehead atoms. The number of ketones is 1. The van der Waals surface area contributed by atoms with Gasteiger partial charge in [-0.1, -0.05) is 38.3 Å². The summed E-state index contributed by atoms with van der Waals surface area (Å²) >= 11 is 0. The van der Waals surface area contributed by atoms with Crippen LogP contribution >= 0.6 is 0 Å². The van der Waals surface area contributed by atoms with Crippen LogP contribution in [0.2, 0.25) is 0 Å². The van der Waals surface area contributed by atoms with Gasteiger partial charge in [-0.25, -0.2) is 0 Å². The Morgan fingerprint density at radius 2 is 2.20 bits per heavy atom. The largest absolute Gasteiger partial charge is 0.385 e. The third kappa shape index (κ3) is 2.61. The summed E-state index contributed by atoms with van der Waals surface area (Å²) in [5.41, 5.74) is 3.45. The van der Waals surface area contributed by atoms with E-state index in [9.17, 15) is 4.79 Å². The standard InChI is InChI=1S/C18H25NO/c1-2-13-6-3-7-14(12-13)18(20)16-8-4-10-17-15(16)9-5-11-19-17/h4,8,10,13-14,19H,2-3,5-7,9,11-12H2,1H3. The summed E-state index contributed by atoms with van der Waals surface area (Å²) in [4.78, 5) is 12.9. The molecule has 0 saturated heterocycles. The van der Waals surface area contributed by atoms with Crippen molar-refractivity contribution in [1.82, 2.24) is 0 Å². The molecule has 0 radical (unpaired) electrons. The quantitative estimate of drug-likeness (QED) is 0.823. The fourth-order valence-corrected chi connectivity index (χ4v) is 3.86. The Kier molecular flexibility index (Phi) is 4.09. The van der Waals surface area contributed by atoms with Crippen molar-refractivity contribution in [2.45, 2.75) is 51.9 Å². The van der Waals surface area contributed by atoms with Crippen LogP contribution in [0.4, 0.5) is 5.69 Å². The Bertz CT molecular complexity index is 494. The van der Waals surface area contributed by atoms with Gasteiger partial charge in [0.05, 0.1) is 0 Å². The molecule has 1 heterocycles. The average molecular weight is 271 g/mol. The summed E-state index contributed by atoms with van der Waals surface area (Å²) in [6.07, 6.45) is 8.14. The van der Waals surface area contributed by atoms with Gasteiger partial charge in [-0.2, -0.15) is 0 Å². The van der Waals surface area contributed by atoms with Crippen LogP contribution in [0, 0.1) is 11.8 Å². The number of anilines is 1. The first kappa shape index (κ1) is 13.7. The normalized spacial score (nSPS) is 25.6. The summed E-state index contributed by atoms with van der Waals surface area (Å²) in [7, 11) is 0. The summed E-state index contributed by atoms with van der Waals surface area (Å²) in [6, 6.07) is 6.19. The second-order valence-corrected chi connectivity index (χ2v) is 6.36. The highest BCUT2D eigenvalue weighted by Crippen LogP contribution is 2.35. The molecule has 108 valence electrons. The zero-order valence-electron chi connectivity index (χ0n) is 12.5. The smallest absolute Gasteiger partial charge is 0.166 e. The molecule has 1 aliphatic heterocycles. The molecule has 0 spiro atoms. The molecule has 2 aliphatic rings. The molecule has 2 atom stereocenters. The third-order valence-corrected chi connectivity index (χ3v) is 5.09. The van der Waals surface area contributed by atoms with Gasteiger partial charge in [0.25, 0.3) is 0 Å². The molecule has 2 unspecified atom stereocenters. The van der Waals surface area contributed by atoms with E-state index in [1.807, 2.05) is 12.1 Å². The first-order valence-corrected chi connectivity index (χ1v) is 8.19. The predicted molar refractivity (Wildman–Crippen MR) is 83.3 cm³/mol. The summed E-state index contributed by atoms with van der Waals surface area (Å²) in [5.74, 6) is 1.43. The van der Waals surface area contributed by atoms with Crippen LogP contribution in [-0.4, -0.2) is 12.3 Å². The molecule has 0 aromatic heterocycles. The molecule has 2 nitrogen and oxygen atoms in total. The molecule has 1 saturated carbocycles. The lowest BCUT2D eigenvalue weighted by molar-refractivity contribution is 0.0861. The van der Waals surface area contributed by atoms with E-state index in [0.29, 0.717) is 5.78 Å². The number of hydrogen-bond donors (Lipinski definition) is 1. The van der Waals surface area contributed by atoms with E-state index in [1.54, 1.807) is 0 Å². The van der Waals surface area contributed by atoms with E-state index >= 15 is 0 Å². The van der Waals surface area contributed by atoms with E-state index < -0.39 is 0 Å². The molecular formula is C18H25NO. The van der Waals surface area contributed by atoms with Crippen LogP contribution in [0.1, 0.15) is 61.4 Å². The maximum atomic E-state index is 12.9. The van der Waals surface area contributed by atoms with Gasteiger partial charge < -0.3 is 5.32 Å². The van der Waals surface area contributed by atoms with E-state index in [1.165, 1.54) is 30.5 Å². The van der Waals surface area contributed by atoms with Crippen molar-refractivity contribution in [2.24, 2.45) is 11.8 Å². The molecular weight excluding hydrogens is 246 g/mol. The van der Waals surface area contributed by atoms with Crippen LogP contribution in [0.15, 0.2) is 18.2 Å². The molecule has 1 aromatic carbocycles. The average Bonchev–Trinajstić information content (AvgIpc) is 2.53. The SMILES string of the molecule is CCC1CCCC(C(=O)c2cccc3c2CCCN3)C1. The predicted octanol–water partition coefficient (Wildman–Crippen LogP) is 4.44.